The molecule has 0 fully saturated rings. The molecule has 0 aliphatic carbocycles. The van der Waals surface area contributed by atoms with Crippen LogP contribution in [0.5, 0.6) is 0 Å². The maximum absolute atomic E-state index is 12.3. The summed E-state index contributed by atoms with van der Waals surface area (Å²) in [6.45, 7) is 2.15. The van der Waals surface area contributed by atoms with Crippen LogP contribution in [0.15, 0.2) is 44.9 Å². The smallest absolute Gasteiger partial charge is 0.316 e. The number of aromatic amines is 1. The van der Waals surface area contributed by atoms with E-state index in [1.165, 1.54) is 12.1 Å². The summed E-state index contributed by atoms with van der Waals surface area (Å²) in [4.78, 5) is 38.2. The Hall–Kier alpha value is -2.72. The van der Waals surface area contributed by atoms with Gasteiger partial charge in [-0.05, 0) is 30.7 Å². The highest BCUT2D eigenvalue weighted by Crippen LogP contribution is 2.11. The number of rotatable bonds is 6. The molecule has 0 radical (unpaired) electrons. The molecule has 0 atom stereocenters. The molecular formula is C15H17N3O6S. The Kier molecular flexibility index (Phi) is 5.55. The second kappa shape index (κ2) is 7.45. The predicted molar refractivity (Wildman–Crippen MR) is 90.4 cm³/mol. The average Bonchev–Trinajstić information content (AvgIpc) is 2.56. The summed E-state index contributed by atoms with van der Waals surface area (Å²) in [5.74, 6) is -0.659. The van der Waals surface area contributed by atoms with Gasteiger partial charge in [0.25, 0.3) is 21.6 Å². The van der Waals surface area contributed by atoms with E-state index in [1.807, 2.05) is 6.92 Å². The van der Waals surface area contributed by atoms with Gasteiger partial charge in [-0.1, -0.05) is 13.3 Å². The second-order valence-electron chi connectivity index (χ2n) is 5.27. The molecular weight excluding hydrogens is 350 g/mol. The van der Waals surface area contributed by atoms with E-state index < -0.39 is 27.3 Å². The van der Waals surface area contributed by atoms with Crippen molar-refractivity contribution in [2.75, 3.05) is 5.32 Å². The normalized spacial score (nSPS) is 11.3. The van der Waals surface area contributed by atoms with Crippen LogP contribution in [0.25, 0.3) is 0 Å². The number of nitrogens with zero attached hydrogens (tertiary/aromatic N) is 1. The number of H-pyrrole nitrogens is 1. The van der Waals surface area contributed by atoms with Gasteiger partial charge in [-0.2, -0.15) is 8.42 Å². The molecule has 9 nitrogen and oxygen atoms in total. The van der Waals surface area contributed by atoms with Crippen molar-refractivity contribution in [2.45, 2.75) is 31.2 Å². The van der Waals surface area contributed by atoms with Gasteiger partial charge in [-0.15, -0.1) is 0 Å². The molecule has 0 aliphatic rings. The molecule has 2 rings (SSSR count). The molecule has 0 bridgehead atoms. The summed E-state index contributed by atoms with van der Waals surface area (Å²) in [6.07, 6.45) is 2.54. The molecule has 0 saturated heterocycles. The first kappa shape index (κ1) is 18.6. The average molecular weight is 367 g/mol. The molecule has 0 unspecified atom stereocenters. The van der Waals surface area contributed by atoms with E-state index in [-0.39, 0.29) is 22.7 Å². The van der Waals surface area contributed by atoms with Crippen LogP contribution in [0.2, 0.25) is 0 Å². The first-order valence-electron chi connectivity index (χ1n) is 7.45. The van der Waals surface area contributed by atoms with E-state index in [0.29, 0.717) is 6.42 Å². The highest BCUT2D eigenvalue weighted by atomic mass is 32.2. The number of aromatic nitrogens is 2. The lowest BCUT2D eigenvalue weighted by Crippen LogP contribution is -2.36. The fourth-order valence-electron chi connectivity index (χ4n) is 2.09. The molecule has 1 heterocycles. The van der Waals surface area contributed by atoms with Gasteiger partial charge in [0.05, 0.1) is 4.90 Å². The number of benzene rings is 1. The van der Waals surface area contributed by atoms with Crippen LogP contribution in [0.1, 0.15) is 30.1 Å². The number of hydrogen-bond acceptors (Lipinski definition) is 5. The van der Waals surface area contributed by atoms with Gasteiger partial charge in [-0.3, -0.25) is 18.7 Å². The number of unbranched alkanes of at least 4 members (excludes halogenated alkanes) is 1. The SMILES string of the molecule is CCCCn1c(=O)[nH]cc(NC(=O)c2ccc(S(=O)(=O)O)cc2)c1=O. The maximum atomic E-state index is 12.3. The lowest BCUT2D eigenvalue weighted by Gasteiger charge is -2.08. The molecule has 1 aromatic heterocycles. The topological polar surface area (TPSA) is 138 Å². The zero-order valence-corrected chi connectivity index (χ0v) is 14.2. The van der Waals surface area contributed by atoms with E-state index in [9.17, 15) is 22.8 Å². The third-order valence-corrected chi connectivity index (χ3v) is 4.33. The van der Waals surface area contributed by atoms with Gasteiger partial charge < -0.3 is 10.3 Å². The standard InChI is InChI=1S/C15H17N3O6S/c1-2-3-8-18-14(20)12(9-16-15(18)21)17-13(19)10-4-6-11(7-5-10)25(22,23)24/h4-7,9H,2-3,8H2,1H3,(H,16,21)(H,17,19)(H,22,23,24). The molecule has 134 valence electrons. The molecule has 1 amide bonds. The van der Waals surface area contributed by atoms with Crippen molar-refractivity contribution in [3.05, 3.63) is 56.9 Å². The van der Waals surface area contributed by atoms with Gasteiger partial charge in [0.2, 0.25) is 0 Å². The summed E-state index contributed by atoms with van der Waals surface area (Å²) < 4.78 is 31.9. The van der Waals surface area contributed by atoms with Crippen molar-refractivity contribution in [1.82, 2.24) is 9.55 Å². The second-order valence-corrected chi connectivity index (χ2v) is 6.69. The molecule has 2 aromatic rings. The zero-order valence-electron chi connectivity index (χ0n) is 13.4. The minimum Gasteiger partial charge on any atom is -0.316 e. The van der Waals surface area contributed by atoms with Crippen molar-refractivity contribution in [2.24, 2.45) is 0 Å². The first-order chi connectivity index (χ1) is 11.7. The van der Waals surface area contributed by atoms with Crippen molar-refractivity contribution in [1.29, 1.82) is 0 Å². The van der Waals surface area contributed by atoms with Crippen LogP contribution < -0.4 is 16.6 Å². The highest BCUT2D eigenvalue weighted by molar-refractivity contribution is 7.85. The van der Waals surface area contributed by atoms with E-state index in [2.05, 4.69) is 10.3 Å². The Morgan fingerprint density at radius 3 is 2.44 bits per heavy atom. The van der Waals surface area contributed by atoms with E-state index in [1.54, 1.807) is 0 Å². The van der Waals surface area contributed by atoms with Gasteiger partial charge in [-0.25, -0.2) is 4.79 Å². The maximum Gasteiger partial charge on any atom is 0.328 e. The summed E-state index contributed by atoms with van der Waals surface area (Å²) in [5.41, 5.74) is -1.20. The zero-order chi connectivity index (χ0) is 18.6. The lowest BCUT2D eigenvalue weighted by molar-refractivity contribution is 0.102. The molecule has 1 aromatic carbocycles. The summed E-state index contributed by atoms with van der Waals surface area (Å²) in [6, 6.07) is 4.52. The molecule has 0 saturated carbocycles. The minimum absolute atomic E-state index is 0.0816. The summed E-state index contributed by atoms with van der Waals surface area (Å²) in [7, 11) is -4.35. The fourth-order valence-corrected chi connectivity index (χ4v) is 2.57. The van der Waals surface area contributed by atoms with Crippen molar-refractivity contribution < 1.29 is 17.8 Å². The van der Waals surface area contributed by atoms with Crippen molar-refractivity contribution >= 4 is 21.7 Å². The monoisotopic (exact) mass is 367 g/mol. The number of amides is 1. The lowest BCUT2D eigenvalue weighted by atomic mass is 10.2. The quantitative estimate of drug-likeness (QED) is 0.647. The Labute approximate surface area is 143 Å². The van der Waals surface area contributed by atoms with Gasteiger partial charge in [0.1, 0.15) is 5.69 Å². The summed E-state index contributed by atoms with van der Waals surface area (Å²) >= 11 is 0. The molecule has 10 heteroatoms. The molecule has 3 N–H and O–H groups in total. The number of nitrogens with one attached hydrogen (secondary N) is 2. The fraction of sp³-hybridized carbons (Fsp3) is 0.267. The van der Waals surface area contributed by atoms with Gasteiger partial charge >= 0.3 is 5.69 Å². The third-order valence-electron chi connectivity index (χ3n) is 3.46. The van der Waals surface area contributed by atoms with Crippen molar-refractivity contribution in [3.63, 3.8) is 0 Å². The number of anilines is 1. The van der Waals surface area contributed by atoms with E-state index >= 15 is 0 Å². The minimum atomic E-state index is -4.35. The molecule has 0 aliphatic heterocycles. The highest BCUT2D eigenvalue weighted by Gasteiger charge is 2.14. The van der Waals surface area contributed by atoms with E-state index in [0.717, 1.165) is 29.3 Å². The first-order valence-corrected chi connectivity index (χ1v) is 8.89. The van der Waals surface area contributed by atoms with Crippen molar-refractivity contribution in [3.8, 4) is 0 Å². The van der Waals surface area contributed by atoms with Crippen LogP contribution in [-0.2, 0) is 16.7 Å². The van der Waals surface area contributed by atoms with Crippen LogP contribution in [-0.4, -0.2) is 28.4 Å². The predicted octanol–water partition coefficient (Wildman–Crippen LogP) is 0.836. The van der Waals surface area contributed by atoms with Crippen LogP contribution in [0.4, 0.5) is 5.69 Å². The van der Waals surface area contributed by atoms with Crippen LogP contribution >= 0.6 is 0 Å². The van der Waals surface area contributed by atoms with Crippen LogP contribution in [0.3, 0.4) is 0 Å². The van der Waals surface area contributed by atoms with Crippen LogP contribution in [0, 0.1) is 0 Å². The molecule has 0 spiro atoms. The van der Waals surface area contributed by atoms with Gasteiger partial charge in [0.15, 0.2) is 0 Å². The summed E-state index contributed by atoms with van der Waals surface area (Å²) in [5, 5.41) is 2.37. The number of hydrogen-bond donors (Lipinski definition) is 3. The Balaban J connectivity index is 2.26. The molecule has 25 heavy (non-hydrogen) atoms. The third kappa shape index (κ3) is 4.43. The number of carbonyl (C=O) groups excluding carboxylic acids is 1. The van der Waals surface area contributed by atoms with Gasteiger partial charge in [0, 0.05) is 18.3 Å². The Bertz CT molecular complexity index is 989. The Morgan fingerprint density at radius 1 is 1.24 bits per heavy atom. The largest absolute Gasteiger partial charge is 0.328 e. The Morgan fingerprint density at radius 2 is 1.88 bits per heavy atom. The van der Waals surface area contributed by atoms with E-state index in [4.69, 9.17) is 4.55 Å². The number of carbonyl (C=O) groups is 1.